The summed E-state index contributed by atoms with van der Waals surface area (Å²) in [5.41, 5.74) is 3.24. The molecule has 1 aliphatic heterocycles. The van der Waals surface area contributed by atoms with Crippen molar-refractivity contribution in [2.75, 3.05) is 13.1 Å². The largest absolute Gasteiger partial charge is 0.339 e. The molecule has 6 nitrogen and oxygen atoms in total. The molecule has 2 aromatic heterocycles. The van der Waals surface area contributed by atoms with Crippen LogP contribution < -0.4 is 0 Å². The Morgan fingerprint density at radius 1 is 1.07 bits per heavy atom. The van der Waals surface area contributed by atoms with Crippen LogP contribution >= 0.6 is 0 Å². The van der Waals surface area contributed by atoms with Gasteiger partial charge in [0.15, 0.2) is 6.30 Å². The van der Waals surface area contributed by atoms with E-state index in [0.717, 1.165) is 23.3 Å². The summed E-state index contributed by atoms with van der Waals surface area (Å²) in [4.78, 5) is 24.6. The number of para-hydroxylation sites is 2. The number of nitrogens with one attached hydrogen (secondary N) is 1. The van der Waals surface area contributed by atoms with Gasteiger partial charge < -0.3 is 4.90 Å². The number of amides is 1. The highest BCUT2D eigenvalue weighted by Crippen LogP contribution is 2.34. The number of likely N-dealkylation sites (tertiary alicyclic amines) is 1. The standard InChI is InChI=1S/C33H31F2N5O/c1-21(34)40-29-11-3-2-10-28(29)38-32(40)23-14-16-39(17-15-23)33(41)26-18-25(8-4-6-22-12-13-22)31(37-20-26)30(36)24-7-5-9-27(35)19-24/h2-3,5,7,9-11,18-23,36H,6,12-17H2,1H3. The van der Waals surface area contributed by atoms with Gasteiger partial charge in [0, 0.05) is 37.2 Å². The highest BCUT2D eigenvalue weighted by Gasteiger charge is 2.30. The van der Waals surface area contributed by atoms with Gasteiger partial charge in [-0.1, -0.05) is 36.1 Å². The van der Waals surface area contributed by atoms with Crippen molar-refractivity contribution in [3.05, 3.63) is 94.8 Å². The summed E-state index contributed by atoms with van der Waals surface area (Å²) in [6.45, 7) is 2.54. The van der Waals surface area contributed by atoms with Crippen molar-refractivity contribution < 1.29 is 13.6 Å². The number of nitrogens with zero attached hydrogens (tertiary/aromatic N) is 4. The second-order valence-electron chi connectivity index (χ2n) is 10.9. The number of halogens is 2. The van der Waals surface area contributed by atoms with Crippen molar-refractivity contribution in [2.24, 2.45) is 5.92 Å². The lowest BCUT2D eigenvalue weighted by molar-refractivity contribution is 0.0708. The molecule has 1 saturated heterocycles. The summed E-state index contributed by atoms with van der Waals surface area (Å²) < 4.78 is 30.2. The maximum atomic E-state index is 14.6. The fraction of sp³-hybridized carbons (Fsp3) is 0.333. The molecule has 0 spiro atoms. The number of piperidine rings is 1. The van der Waals surface area contributed by atoms with Gasteiger partial charge in [-0.15, -0.1) is 0 Å². The Hall–Kier alpha value is -4.38. The first-order valence-corrected chi connectivity index (χ1v) is 14.1. The van der Waals surface area contributed by atoms with Gasteiger partial charge in [0.05, 0.1) is 27.9 Å². The SMILES string of the molecule is CC(F)n1c(C2CCN(C(=O)c3cnc(C(=N)c4cccc(F)c4)c(C#CCC4CC4)c3)CC2)nc2ccccc21. The first kappa shape index (κ1) is 26.8. The Bertz CT molecular complexity index is 1690. The zero-order chi connectivity index (χ0) is 28.5. The lowest BCUT2D eigenvalue weighted by atomic mass is 9.95. The maximum absolute atomic E-state index is 14.6. The summed E-state index contributed by atoms with van der Waals surface area (Å²) in [5.74, 6) is 7.13. The first-order chi connectivity index (χ1) is 19.9. The van der Waals surface area contributed by atoms with Crippen molar-refractivity contribution in [1.29, 1.82) is 5.41 Å². The molecule has 1 unspecified atom stereocenters. The van der Waals surface area contributed by atoms with E-state index in [-0.39, 0.29) is 17.5 Å². The van der Waals surface area contributed by atoms with E-state index in [1.807, 2.05) is 24.3 Å². The number of imidazole rings is 1. The fourth-order valence-electron chi connectivity index (χ4n) is 5.52. The molecule has 2 fully saturated rings. The number of rotatable bonds is 6. The van der Waals surface area contributed by atoms with Crippen LogP contribution in [0, 0.1) is 29.0 Å². The molecule has 6 rings (SSSR count). The van der Waals surface area contributed by atoms with Crippen LogP contribution in [0.25, 0.3) is 11.0 Å². The fourth-order valence-corrected chi connectivity index (χ4v) is 5.52. The Labute approximate surface area is 237 Å². The molecule has 2 aliphatic rings. The summed E-state index contributed by atoms with van der Waals surface area (Å²) in [6, 6.07) is 15.1. The number of carbonyl (C=O) groups is 1. The molecular weight excluding hydrogens is 520 g/mol. The Kier molecular flexibility index (Phi) is 7.36. The van der Waals surface area contributed by atoms with E-state index in [9.17, 15) is 13.6 Å². The monoisotopic (exact) mass is 551 g/mol. The number of hydrogen-bond donors (Lipinski definition) is 1. The second kappa shape index (κ2) is 11.2. The number of aromatic nitrogens is 3. The highest BCUT2D eigenvalue weighted by molar-refractivity contribution is 6.11. The molecule has 1 N–H and O–H groups in total. The molecule has 0 radical (unpaired) electrons. The van der Waals surface area contributed by atoms with E-state index in [1.165, 1.54) is 38.1 Å². The first-order valence-electron chi connectivity index (χ1n) is 14.1. The van der Waals surface area contributed by atoms with Gasteiger partial charge in [0.2, 0.25) is 0 Å². The predicted octanol–water partition coefficient (Wildman–Crippen LogP) is 6.65. The minimum atomic E-state index is -1.20. The normalized spacial score (nSPS) is 16.3. The molecular formula is C33H31F2N5O. The molecule has 2 aromatic carbocycles. The van der Waals surface area contributed by atoms with Gasteiger partial charge in [-0.05, 0) is 68.9 Å². The van der Waals surface area contributed by atoms with Crippen LogP contribution in [-0.2, 0) is 0 Å². The minimum absolute atomic E-state index is 0.0424. The molecule has 1 amide bonds. The average Bonchev–Trinajstić information content (AvgIpc) is 3.73. The Morgan fingerprint density at radius 3 is 2.59 bits per heavy atom. The van der Waals surface area contributed by atoms with Crippen LogP contribution in [-0.4, -0.2) is 44.1 Å². The van der Waals surface area contributed by atoms with Crippen molar-refractivity contribution in [3.63, 3.8) is 0 Å². The summed E-state index contributed by atoms with van der Waals surface area (Å²) in [6.07, 6.45) is 4.74. The molecule has 208 valence electrons. The van der Waals surface area contributed by atoms with Crippen LogP contribution in [0.15, 0.2) is 60.8 Å². The van der Waals surface area contributed by atoms with Gasteiger partial charge >= 0.3 is 0 Å². The van der Waals surface area contributed by atoms with Gasteiger partial charge in [-0.2, -0.15) is 0 Å². The highest BCUT2D eigenvalue weighted by atomic mass is 19.1. The van der Waals surface area contributed by atoms with E-state index in [2.05, 4.69) is 16.8 Å². The molecule has 4 aromatic rings. The molecule has 1 saturated carbocycles. The van der Waals surface area contributed by atoms with E-state index in [1.54, 1.807) is 27.7 Å². The Balaban J connectivity index is 1.22. The molecule has 1 aliphatic carbocycles. The molecule has 8 heteroatoms. The van der Waals surface area contributed by atoms with Crippen molar-refractivity contribution in [1.82, 2.24) is 19.4 Å². The van der Waals surface area contributed by atoms with Crippen LogP contribution in [0.3, 0.4) is 0 Å². The van der Waals surface area contributed by atoms with E-state index < -0.39 is 12.1 Å². The quantitative estimate of drug-likeness (QED) is 0.216. The Morgan fingerprint density at radius 2 is 1.85 bits per heavy atom. The minimum Gasteiger partial charge on any atom is -0.339 e. The number of pyridine rings is 1. The number of alkyl halides is 1. The molecule has 41 heavy (non-hydrogen) atoms. The van der Waals surface area contributed by atoms with Crippen molar-refractivity contribution in [3.8, 4) is 11.8 Å². The van der Waals surface area contributed by atoms with Crippen molar-refractivity contribution >= 4 is 22.7 Å². The summed E-state index contributed by atoms with van der Waals surface area (Å²) in [7, 11) is 0. The number of benzene rings is 2. The summed E-state index contributed by atoms with van der Waals surface area (Å²) in [5, 5.41) is 8.68. The van der Waals surface area contributed by atoms with Crippen LogP contribution in [0.4, 0.5) is 8.78 Å². The smallest absolute Gasteiger partial charge is 0.255 e. The third-order valence-electron chi connectivity index (χ3n) is 7.92. The van der Waals surface area contributed by atoms with Crippen molar-refractivity contribution in [2.45, 2.75) is 51.2 Å². The van der Waals surface area contributed by atoms with Gasteiger partial charge in [0.25, 0.3) is 5.91 Å². The number of carbonyl (C=O) groups excluding carboxylic acids is 1. The maximum Gasteiger partial charge on any atom is 0.255 e. The van der Waals surface area contributed by atoms with E-state index in [4.69, 9.17) is 10.4 Å². The van der Waals surface area contributed by atoms with E-state index >= 15 is 0 Å². The van der Waals surface area contributed by atoms with E-state index in [0.29, 0.717) is 54.2 Å². The van der Waals surface area contributed by atoms with Crippen LogP contribution in [0.2, 0.25) is 0 Å². The predicted molar refractivity (Wildman–Crippen MR) is 154 cm³/mol. The van der Waals surface area contributed by atoms with Gasteiger partial charge in [-0.25, -0.2) is 13.8 Å². The molecule has 0 bridgehead atoms. The van der Waals surface area contributed by atoms with Crippen LogP contribution in [0.5, 0.6) is 0 Å². The van der Waals surface area contributed by atoms with Gasteiger partial charge in [-0.3, -0.25) is 19.8 Å². The zero-order valence-corrected chi connectivity index (χ0v) is 22.9. The number of fused-ring (bicyclic) bond motifs is 1. The van der Waals surface area contributed by atoms with Crippen LogP contribution in [0.1, 0.15) is 84.2 Å². The zero-order valence-electron chi connectivity index (χ0n) is 22.9. The summed E-state index contributed by atoms with van der Waals surface area (Å²) >= 11 is 0. The second-order valence-corrected chi connectivity index (χ2v) is 10.9. The topological polar surface area (TPSA) is 74.9 Å². The average molecular weight is 552 g/mol. The lowest BCUT2D eigenvalue weighted by Crippen LogP contribution is -2.38. The molecule has 1 atom stereocenters. The third-order valence-corrected chi connectivity index (χ3v) is 7.92. The number of hydrogen-bond acceptors (Lipinski definition) is 4. The molecule has 3 heterocycles. The third kappa shape index (κ3) is 5.62. The van der Waals surface area contributed by atoms with Gasteiger partial charge in [0.1, 0.15) is 17.3 Å². The lowest BCUT2D eigenvalue weighted by Gasteiger charge is -2.32.